The smallest absolute Gasteiger partial charge is 0.238 e. The third-order valence-electron chi connectivity index (χ3n) is 4.37. The molecule has 26 heavy (non-hydrogen) atoms. The van der Waals surface area contributed by atoms with E-state index in [0.717, 1.165) is 0 Å². The van der Waals surface area contributed by atoms with Gasteiger partial charge in [-0.2, -0.15) is 5.26 Å². The van der Waals surface area contributed by atoms with Gasteiger partial charge in [0.2, 0.25) is 5.91 Å². The predicted octanol–water partition coefficient (Wildman–Crippen LogP) is 1.56. The monoisotopic (exact) mass is 354 g/mol. The summed E-state index contributed by atoms with van der Waals surface area (Å²) in [6, 6.07) is 6.68. The first-order valence-corrected chi connectivity index (χ1v) is 8.32. The van der Waals surface area contributed by atoms with E-state index in [1.165, 1.54) is 12.3 Å². The van der Waals surface area contributed by atoms with Crippen LogP contribution < -0.4 is 10.2 Å². The van der Waals surface area contributed by atoms with Gasteiger partial charge in [-0.25, -0.2) is 14.4 Å². The van der Waals surface area contributed by atoms with Crippen LogP contribution in [0.5, 0.6) is 0 Å². The molecule has 2 aromatic rings. The van der Waals surface area contributed by atoms with E-state index in [2.05, 4.69) is 15.3 Å². The molecule has 1 aromatic heterocycles. The molecule has 0 unspecified atom stereocenters. The summed E-state index contributed by atoms with van der Waals surface area (Å²) < 4.78 is 13.6. The first-order chi connectivity index (χ1) is 12.6. The van der Waals surface area contributed by atoms with E-state index in [1.807, 2.05) is 15.9 Å². The third kappa shape index (κ3) is 3.95. The Hall–Kier alpha value is -3.05. The Labute approximate surface area is 151 Å². The zero-order chi connectivity index (χ0) is 18.5. The van der Waals surface area contributed by atoms with Gasteiger partial charge in [0.1, 0.15) is 11.9 Å². The Kier molecular flexibility index (Phi) is 5.39. The number of nitrogens with one attached hydrogen (secondary N) is 1. The van der Waals surface area contributed by atoms with Gasteiger partial charge in [0.15, 0.2) is 11.5 Å². The van der Waals surface area contributed by atoms with Gasteiger partial charge in [-0.3, -0.25) is 9.69 Å². The summed E-state index contributed by atoms with van der Waals surface area (Å²) in [4.78, 5) is 24.5. The Morgan fingerprint density at radius 2 is 2.00 bits per heavy atom. The number of nitrogens with zero attached hydrogens (tertiary/aromatic N) is 5. The Morgan fingerprint density at radius 1 is 1.27 bits per heavy atom. The summed E-state index contributed by atoms with van der Waals surface area (Å²) in [5.41, 5.74) is 1.23. The number of benzene rings is 1. The van der Waals surface area contributed by atoms with Gasteiger partial charge in [-0.05, 0) is 19.1 Å². The van der Waals surface area contributed by atoms with Gasteiger partial charge in [-0.1, -0.05) is 6.07 Å². The van der Waals surface area contributed by atoms with Gasteiger partial charge >= 0.3 is 0 Å². The molecule has 1 N–H and O–H groups in total. The zero-order valence-corrected chi connectivity index (χ0v) is 14.4. The van der Waals surface area contributed by atoms with Crippen LogP contribution in [0.4, 0.5) is 15.9 Å². The number of aromatic nitrogens is 2. The number of anilines is 2. The average molecular weight is 354 g/mol. The summed E-state index contributed by atoms with van der Waals surface area (Å²) in [5.74, 6) is 0.0625. The lowest BCUT2D eigenvalue weighted by molar-refractivity contribution is -0.117. The maximum Gasteiger partial charge on any atom is 0.238 e. The Bertz CT molecular complexity index is 842. The maximum absolute atomic E-state index is 13.6. The summed E-state index contributed by atoms with van der Waals surface area (Å²) >= 11 is 0. The highest BCUT2D eigenvalue weighted by Gasteiger charge is 2.22. The van der Waals surface area contributed by atoms with E-state index in [0.29, 0.717) is 48.9 Å². The normalized spacial score (nSPS) is 14.7. The molecule has 0 radical (unpaired) electrons. The van der Waals surface area contributed by atoms with Crippen molar-refractivity contribution in [1.29, 1.82) is 5.26 Å². The standard InChI is InChI=1S/C18H19FN6O/c1-13-14(19)3-2-4-15(13)23-17(26)12-24-7-9-25(10-8-24)18-16(11-20)21-5-6-22-18/h2-6H,7-10,12H2,1H3,(H,23,26). The molecule has 7 nitrogen and oxygen atoms in total. The topological polar surface area (TPSA) is 85.2 Å². The number of piperazine rings is 1. The van der Waals surface area contributed by atoms with Crippen molar-refractivity contribution in [3.8, 4) is 6.07 Å². The van der Waals surface area contributed by atoms with E-state index in [4.69, 9.17) is 5.26 Å². The fourth-order valence-corrected chi connectivity index (χ4v) is 2.89. The van der Waals surface area contributed by atoms with Crippen LogP contribution in [0.25, 0.3) is 0 Å². The highest BCUT2D eigenvalue weighted by atomic mass is 19.1. The van der Waals surface area contributed by atoms with Gasteiger partial charge in [0.25, 0.3) is 0 Å². The van der Waals surface area contributed by atoms with E-state index in [-0.39, 0.29) is 18.3 Å². The summed E-state index contributed by atoms with van der Waals surface area (Å²) in [7, 11) is 0. The van der Waals surface area contributed by atoms with E-state index in [1.54, 1.807) is 25.3 Å². The molecule has 0 atom stereocenters. The van der Waals surface area contributed by atoms with E-state index >= 15 is 0 Å². The molecular formula is C18H19FN6O. The molecule has 0 bridgehead atoms. The highest BCUT2D eigenvalue weighted by molar-refractivity contribution is 5.93. The minimum absolute atomic E-state index is 0.177. The molecule has 134 valence electrons. The van der Waals surface area contributed by atoms with Crippen LogP contribution in [0.1, 0.15) is 11.3 Å². The largest absolute Gasteiger partial charge is 0.352 e. The van der Waals surface area contributed by atoms with Crippen molar-refractivity contribution in [2.75, 3.05) is 42.9 Å². The van der Waals surface area contributed by atoms with Crippen molar-refractivity contribution < 1.29 is 9.18 Å². The lowest BCUT2D eigenvalue weighted by Gasteiger charge is -2.35. The van der Waals surface area contributed by atoms with Crippen molar-refractivity contribution in [2.45, 2.75) is 6.92 Å². The van der Waals surface area contributed by atoms with Gasteiger partial charge < -0.3 is 10.2 Å². The molecule has 1 aliphatic rings. The third-order valence-corrected chi connectivity index (χ3v) is 4.37. The van der Waals surface area contributed by atoms with Crippen molar-refractivity contribution in [3.05, 3.63) is 47.7 Å². The number of hydrogen-bond donors (Lipinski definition) is 1. The van der Waals surface area contributed by atoms with Gasteiger partial charge in [-0.15, -0.1) is 0 Å². The maximum atomic E-state index is 13.6. The number of hydrogen-bond acceptors (Lipinski definition) is 6. The van der Waals surface area contributed by atoms with Crippen LogP contribution in [-0.4, -0.2) is 53.5 Å². The molecule has 0 aliphatic carbocycles. The van der Waals surface area contributed by atoms with Gasteiger partial charge in [0.05, 0.1) is 6.54 Å². The quantitative estimate of drug-likeness (QED) is 0.897. The SMILES string of the molecule is Cc1c(F)cccc1NC(=O)CN1CCN(c2nccnc2C#N)CC1. The lowest BCUT2D eigenvalue weighted by Crippen LogP contribution is -2.49. The second kappa shape index (κ2) is 7.89. The van der Waals surface area contributed by atoms with Crippen LogP contribution in [-0.2, 0) is 4.79 Å². The molecule has 1 aliphatic heterocycles. The number of carbonyl (C=O) groups excluding carboxylic acids is 1. The van der Waals surface area contributed by atoms with Crippen molar-refractivity contribution in [2.24, 2.45) is 0 Å². The molecule has 2 heterocycles. The van der Waals surface area contributed by atoms with Crippen LogP contribution in [0, 0.1) is 24.1 Å². The van der Waals surface area contributed by atoms with Crippen LogP contribution >= 0.6 is 0 Å². The van der Waals surface area contributed by atoms with E-state index in [9.17, 15) is 9.18 Å². The summed E-state index contributed by atoms with van der Waals surface area (Å²) in [6.07, 6.45) is 3.06. The molecule has 1 saturated heterocycles. The lowest BCUT2D eigenvalue weighted by atomic mass is 10.2. The molecular weight excluding hydrogens is 335 g/mol. The fraction of sp³-hybridized carbons (Fsp3) is 0.333. The van der Waals surface area contributed by atoms with E-state index < -0.39 is 0 Å². The molecule has 3 rings (SSSR count). The molecule has 0 saturated carbocycles. The first-order valence-electron chi connectivity index (χ1n) is 8.32. The number of halogens is 1. The minimum Gasteiger partial charge on any atom is -0.352 e. The molecule has 8 heteroatoms. The molecule has 1 amide bonds. The summed E-state index contributed by atoms with van der Waals surface area (Å²) in [6.45, 7) is 4.50. The van der Waals surface area contributed by atoms with Crippen LogP contribution in [0.2, 0.25) is 0 Å². The molecule has 0 spiro atoms. The average Bonchev–Trinajstić information content (AvgIpc) is 2.66. The van der Waals surface area contributed by atoms with Crippen molar-refractivity contribution in [1.82, 2.24) is 14.9 Å². The second-order valence-corrected chi connectivity index (χ2v) is 6.06. The van der Waals surface area contributed by atoms with Crippen molar-refractivity contribution >= 4 is 17.4 Å². The highest BCUT2D eigenvalue weighted by Crippen LogP contribution is 2.18. The van der Waals surface area contributed by atoms with Crippen LogP contribution in [0.3, 0.4) is 0 Å². The minimum atomic E-state index is -0.339. The Morgan fingerprint density at radius 3 is 2.73 bits per heavy atom. The summed E-state index contributed by atoms with van der Waals surface area (Å²) in [5, 5.41) is 11.9. The molecule has 1 aromatic carbocycles. The number of amides is 1. The second-order valence-electron chi connectivity index (χ2n) is 6.06. The molecule has 1 fully saturated rings. The number of carbonyl (C=O) groups is 1. The fourth-order valence-electron chi connectivity index (χ4n) is 2.89. The van der Waals surface area contributed by atoms with Gasteiger partial charge in [0, 0.05) is 49.8 Å². The number of nitriles is 1. The zero-order valence-electron chi connectivity index (χ0n) is 14.4. The first kappa shape index (κ1) is 17.8. The predicted molar refractivity (Wildman–Crippen MR) is 95.2 cm³/mol. The van der Waals surface area contributed by atoms with Crippen molar-refractivity contribution in [3.63, 3.8) is 0 Å². The van der Waals surface area contributed by atoms with Crippen LogP contribution in [0.15, 0.2) is 30.6 Å². The number of rotatable bonds is 4. The Balaban J connectivity index is 1.55.